The van der Waals surface area contributed by atoms with Gasteiger partial charge in [-0.15, -0.1) is 0 Å². The third-order valence-corrected chi connectivity index (χ3v) is 2.53. The normalized spacial score (nSPS) is 13.3. The molecule has 0 aliphatic heterocycles. The van der Waals surface area contributed by atoms with E-state index < -0.39 is 0 Å². The zero-order chi connectivity index (χ0) is 21.0. The lowest BCUT2D eigenvalue weighted by Crippen LogP contribution is -2.19. The highest BCUT2D eigenvalue weighted by Gasteiger charge is 2.11. The molecule has 0 radical (unpaired) electrons. The van der Waals surface area contributed by atoms with Crippen LogP contribution in [0.25, 0.3) is 0 Å². The van der Waals surface area contributed by atoms with Crippen molar-refractivity contribution in [3.63, 3.8) is 0 Å². The Morgan fingerprint density at radius 2 is 1.65 bits per heavy atom. The number of ether oxygens (including phenoxy) is 1. The van der Waals surface area contributed by atoms with E-state index >= 15 is 0 Å². The number of nitrogens with one attached hydrogen (secondary N) is 2. The summed E-state index contributed by atoms with van der Waals surface area (Å²) in [5.74, 6) is -0.0962. The van der Waals surface area contributed by atoms with Crippen LogP contribution in [-0.2, 0) is 4.74 Å². The van der Waals surface area contributed by atoms with Crippen LogP contribution < -0.4 is 16.8 Å². The van der Waals surface area contributed by atoms with E-state index in [1.165, 1.54) is 13.3 Å². The van der Waals surface area contributed by atoms with Gasteiger partial charge in [0.25, 0.3) is 0 Å². The summed E-state index contributed by atoms with van der Waals surface area (Å²) >= 11 is 0. The van der Waals surface area contributed by atoms with Gasteiger partial charge in [0.2, 0.25) is 0 Å². The van der Waals surface area contributed by atoms with Crippen molar-refractivity contribution in [1.82, 2.24) is 5.32 Å². The minimum absolute atomic E-state index is 0.114. The molecule has 7 N–H and O–H groups in total. The predicted octanol–water partition coefficient (Wildman–Crippen LogP) is 4.37. The van der Waals surface area contributed by atoms with Gasteiger partial charge in [-0.3, -0.25) is 0 Å². The summed E-state index contributed by atoms with van der Waals surface area (Å²) in [6, 6.07) is 0. The summed E-state index contributed by atoms with van der Waals surface area (Å²) in [5.41, 5.74) is 12.9. The lowest BCUT2D eigenvalue weighted by Gasteiger charge is -2.14. The summed E-state index contributed by atoms with van der Waals surface area (Å²) in [7, 11) is 1.40. The highest BCUT2D eigenvalue weighted by Crippen LogP contribution is 2.14. The molecule has 0 spiro atoms. The Bertz CT molecular complexity index is 554. The van der Waals surface area contributed by atoms with E-state index in [0.29, 0.717) is 5.70 Å². The quantitative estimate of drug-likeness (QED) is 0.261. The molecule has 0 rings (SSSR count). The minimum Gasteiger partial charge on any atom is -0.503 e. The Morgan fingerprint density at radius 1 is 1.12 bits per heavy atom. The molecule has 0 aliphatic carbocycles. The summed E-state index contributed by atoms with van der Waals surface area (Å²) < 4.78 is 4.93. The first-order valence-electron chi connectivity index (χ1n) is 8.43. The zero-order valence-electron chi connectivity index (χ0n) is 17.1. The Labute approximate surface area is 158 Å². The summed E-state index contributed by atoms with van der Waals surface area (Å²) in [6.45, 7) is 11.3. The molecule has 0 saturated heterocycles. The SMILES string of the molecule is CC.CC=N.C\C=C/C=C\C=C(/C)NC(=C\C)/C(N)=C(O)/C(=C\N)OC. The van der Waals surface area contributed by atoms with Crippen LogP contribution in [0.5, 0.6) is 0 Å². The highest BCUT2D eigenvalue weighted by molar-refractivity contribution is 5.48. The number of rotatable bonds is 7. The van der Waals surface area contributed by atoms with Crippen LogP contribution in [0.3, 0.4) is 0 Å². The van der Waals surface area contributed by atoms with E-state index in [0.717, 1.165) is 11.9 Å². The molecule has 0 heterocycles. The van der Waals surface area contributed by atoms with Gasteiger partial charge in [0.1, 0.15) is 5.70 Å². The fourth-order valence-corrected chi connectivity index (χ4v) is 1.43. The fourth-order valence-electron chi connectivity index (χ4n) is 1.43. The average molecular weight is 365 g/mol. The van der Waals surface area contributed by atoms with E-state index in [-0.39, 0.29) is 17.2 Å². The molecule has 0 bridgehead atoms. The van der Waals surface area contributed by atoms with Crippen LogP contribution in [0, 0.1) is 5.41 Å². The second-order valence-corrected chi connectivity index (χ2v) is 4.37. The van der Waals surface area contributed by atoms with Crippen LogP contribution >= 0.6 is 0 Å². The second-order valence-electron chi connectivity index (χ2n) is 4.37. The Kier molecular flexibility index (Phi) is 21.7. The van der Waals surface area contributed by atoms with Gasteiger partial charge in [0.05, 0.1) is 12.8 Å². The Hall–Kier alpha value is -2.89. The number of aliphatic hydroxyl groups excluding tert-OH is 1. The second kappa shape index (κ2) is 20.2. The maximum atomic E-state index is 10.00. The molecule has 0 aliphatic rings. The van der Waals surface area contributed by atoms with E-state index in [2.05, 4.69) is 5.32 Å². The average Bonchev–Trinajstić information content (AvgIpc) is 2.66. The molecule has 0 aromatic carbocycles. The molecule has 26 heavy (non-hydrogen) atoms. The van der Waals surface area contributed by atoms with Crippen molar-refractivity contribution in [2.24, 2.45) is 11.5 Å². The van der Waals surface area contributed by atoms with Crippen molar-refractivity contribution >= 4 is 6.21 Å². The number of hydrogen-bond donors (Lipinski definition) is 5. The maximum Gasteiger partial charge on any atom is 0.184 e. The van der Waals surface area contributed by atoms with Gasteiger partial charge in [0, 0.05) is 11.9 Å². The molecule has 0 aromatic heterocycles. The molecular formula is C20H36N4O2. The summed E-state index contributed by atoms with van der Waals surface area (Å²) in [5, 5.41) is 19.2. The molecule has 0 unspecified atom stereocenters. The van der Waals surface area contributed by atoms with Gasteiger partial charge in [-0.1, -0.05) is 44.2 Å². The number of hydrogen-bond acceptors (Lipinski definition) is 6. The largest absolute Gasteiger partial charge is 0.503 e. The number of methoxy groups -OCH3 is 1. The molecule has 0 aromatic rings. The summed E-state index contributed by atoms with van der Waals surface area (Å²) in [4.78, 5) is 0. The first-order chi connectivity index (χ1) is 12.4. The van der Waals surface area contributed by atoms with Crippen LogP contribution in [0.1, 0.15) is 41.5 Å². The van der Waals surface area contributed by atoms with E-state index in [1.807, 2.05) is 65.0 Å². The van der Waals surface area contributed by atoms with Crippen molar-refractivity contribution in [2.75, 3.05) is 7.11 Å². The summed E-state index contributed by atoms with van der Waals surface area (Å²) in [6.07, 6.45) is 13.7. The molecule has 0 fully saturated rings. The molecule has 148 valence electrons. The monoisotopic (exact) mass is 364 g/mol. The van der Waals surface area contributed by atoms with Gasteiger partial charge in [0.15, 0.2) is 11.5 Å². The van der Waals surface area contributed by atoms with Gasteiger partial charge in [-0.25, -0.2) is 0 Å². The fraction of sp³-hybridized carbons (Fsp3) is 0.350. The molecular weight excluding hydrogens is 328 g/mol. The van der Waals surface area contributed by atoms with E-state index in [9.17, 15) is 5.11 Å². The van der Waals surface area contributed by atoms with Gasteiger partial charge in [-0.2, -0.15) is 0 Å². The first-order valence-corrected chi connectivity index (χ1v) is 8.43. The third kappa shape index (κ3) is 13.5. The zero-order valence-corrected chi connectivity index (χ0v) is 17.1. The predicted molar refractivity (Wildman–Crippen MR) is 114 cm³/mol. The number of aliphatic hydroxyl groups is 1. The molecule has 0 amide bonds. The highest BCUT2D eigenvalue weighted by atomic mass is 16.5. The smallest absolute Gasteiger partial charge is 0.184 e. The molecule has 6 nitrogen and oxygen atoms in total. The van der Waals surface area contributed by atoms with Crippen molar-refractivity contribution in [3.8, 4) is 0 Å². The Morgan fingerprint density at radius 3 is 2.04 bits per heavy atom. The Balaban J connectivity index is -0.000000950. The van der Waals surface area contributed by atoms with Crippen molar-refractivity contribution in [2.45, 2.75) is 41.5 Å². The van der Waals surface area contributed by atoms with E-state index in [1.54, 1.807) is 13.0 Å². The number of nitrogens with two attached hydrogens (primary N) is 2. The van der Waals surface area contributed by atoms with Crippen LogP contribution in [-0.4, -0.2) is 18.4 Å². The van der Waals surface area contributed by atoms with Crippen LogP contribution in [0.2, 0.25) is 0 Å². The third-order valence-electron chi connectivity index (χ3n) is 2.53. The molecule has 6 heteroatoms. The number of allylic oxidation sites excluding steroid dienone is 7. The van der Waals surface area contributed by atoms with Gasteiger partial charge < -0.3 is 32.0 Å². The van der Waals surface area contributed by atoms with Gasteiger partial charge in [-0.05, 0) is 40.0 Å². The lowest BCUT2D eigenvalue weighted by molar-refractivity contribution is 0.253. The van der Waals surface area contributed by atoms with Crippen molar-refractivity contribution < 1.29 is 9.84 Å². The van der Waals surface area contributed by atoms with Crippen molar-refractivity contribution in [3.05, 3.63) is 71.3 Å². The van der Waals surface area contributed by atoms with Crippen molar-refractivity contribution in [1.29, 1.82) is 5.41 Å². The molecule has 0 atom stereocenters. The lowest BCUT2D eigenvalue weighted by atomic mass is 10.2. The van der Waals surface area contributed by atoms with E-state index in [4.69, 9.17) is 21.6 Å². The topological polar surface area (TPSA) is 117 Å². The minimum atomic E-state index is -0.210. The maximum absolute atomic E-state index is 10.00. The van der Waals surface area contributed by atoms with Gasteiger partial charge >= 0.3 is 0 Å². The van der Waals surface area contributed by atoms with Crippen LogP contribution in [0.4, 0.5) is 0 Å². The first kappa shape index (κ1) is 27.9. The van der Waals surface area contributed by atoms with Crippen LogP contribution in [0.15, 0.2) is 71.3 Å². The standard InChI is InChI=1S/C16H25N3O2.C2H5N.C2H6/c1-5-7-8-9-10-12(3)19-13(6-2)15(18)16(20)14(11-17)21-4;1-2-3;1-2/h5-11,19-20H,17-18H2,1-4H3;2-3H,1H3;1-2H3/b7-5-,9-8-,12-10+,13-6-,14-11+,16-15+;;. The molecule has 0 saturated carbocycles.